The molecule has 0 aromatic rings. The Bertz CT molecular complexity index is 239. The first-order valence-electron chi connectivity index (χ1n) is 4.05. The number of hydrogen-bond acceptors (Lipinski definition) is 4. The number of carbonyl (C=O) groups is 2. The Balaban J connectivity index is -0.000000180. The molecule has 0 saturated heterocycles. The van der Waals surface area contributed by atoms with Crippen LogP contribution in [-0.2, 0) is 9.59 Å². The van der Waals surface area contributed by atoms with Crippen LogP contribution in [0, 0.1) is 0 Å². The van der Waals surface area contributed by atoms with Crippen molar-refractivity contribution in [1.29, 1.82) is 0 Å². The molecule has 0 aliphatic carbocycles. The van der Waals surface area contributed by atoms with E-state index in [1.54, 1.807) is 13.8 Å². The van der Waals surface area contributed by atoms with Gasteiger partial charge in [-0.2, -0.15) is 0 Å². The van der Waals surface area contributed by atoms with E-state index < -0.39 is 11.9 Å². The van der Waals surface area contributed by atoms with Crippen molar-refractivity contribution in [3.8, 4) is 0 Å². The van der Waals surface area contributed by atoms with E-state index in [9.17, 15) is 19.8 Å². The maximum absolute atomic E-state index is 9.75. The molecule has 80 valence electrons. The SMILES string of the molecule is CC=C(C)C(=O)[O-].CC=C(C)C(=O)[O-].[Ca+2]. The average Bonchev–Trinajstić information content (AvgIpc) is 2.15. The number of carbonyl (C=O) groups excluding carboxylic acids is 2. The van der Waals surface area contributed by atoms with E-state index in [4.69, 9.17) is 0 Å². The van der Waals surface area contributed by atoms with E-state index >= 15 is 0 Å². The predicted molar refractivity (Wildman–Crippen MR) is 54.6 cm³/mol. The molecule has 0 aromatic carbocycles. The van der Waals surface area contributed by atoms with Gasteiger partial charge in [-0.1, -0.05) is 12.2 Å². The third kappa shape index (κ3) is 13.7. The van der Waals surface area contributed by atoms with Gasteiger partial charge in [0.1, 0.15) is 0 Å². The molecule has 0 rings (SSSR count). The summed E-state index contributed by atoms with van der Waals surface area (Å²) >= 11 is 0. The Kier molecular flexibility index (Phi) is 15.8. The topological polar surface area (TPSA) is 80.3 Å². The van der Waals surface area contributed by atoms with Crippen molar-refractivity contribution in [3.05, 3.63) is 23.3 Å². The van der Waals surface area contributed by atoms with Gasteiger partial charge in [-0.05, 0) is 38.8 Å². The number of allylic oxidation sites excluding steroid dienone is 2. The number of aliphatic carboxylic acids is 2. The minimum absolute atomic E-state index is 0. The summed E-state index contributed by atoms with van der Waals surface area (Å²) in [4.78, 5) is 19.5. The van der Waals surface area contributed by atoms with Gasteiger partial charge in [0.05, 0.1) is 11.9 Å². The van der Waals surface area contributed by atoms with E-state index in [0.29, 0.717) is 0 Å². The zero-order chi connectivity index (χ0) is 11.7. The summed E-state index contributed by atoms with van der Waals surface area (Å²) in [5, 5.41) is 19.5. The molecule has 4 nitrogen and oxygen atoms in total. The van der Waals surface area contributed by atoms with Crippen LogP contribution < -0.4 is 10.2 Å². The zero-order valence-corrected chi connectivity index (χ0v) is 11.7. The quantitative estimate of drug-likeness (QED) is 0.457. The number of carboxylic acid groups (broad SMARTS) is 2. The van der Waals surface area contributed by atoms with Gasteiger partial charge in [-0.3, -0.25) is 0 Å². The molecule has 15 heavy (non-hydrogen) atoms. The molecule has 0 amide bonds. The molecule has 0 radical (unpaired) electrons. The fourth-order valence-corrected chi connectivity index (χ4v) is 0.236. The van der Waals surface area contributed by atoms with Crippen LogP contribution in [0.4, 0.5) is 0 Å². The summed E-state index contributed by atoms with van der Waals surface area (Å²) in [6, 6.07) is 0. The fourth-order valence-electron chi connectivity index (χ4n) is 0.236. The van der Waals surface area contributed by atoms with Gasteiger partial charge >= 0.3 is 37.7 Å². The summed E-state index contributed by atoms with van der Waals surface area (Å²) in [5.41, 5.74) is 0.556. The summed E-state index contributed by atoms with van der Waals surface area (Å²) < 4.78 is 0. The van der Waals surface area contributed by atoms with Gasteiger partial charge in [0.2, 0.25) is 0 Å². The van der Waals surface area contributed by atoms with Gasteiger partial charge in [-0.15, -0.1) is 0 Å². The van der Waals surface area contributed by atoms with Crippen LogP contribution in [0.25, 0.3) is 0 Å². The Hall–Kier alpha value is -0.320. The largest absolute Gasteiger partial charge is 2.00 e. The van der Waals surface area contributed by atoms with Gasteiger partial charge < -0.3 is 19.8 Å². The molecule has 0 unspecified atom stereocenters. The van der Waals surface area contributed by atoms with Crippen LogP contribution >= 0.6 is 0 Å². The van der Waals surface area contributed by atoms with Crippen molar-refractivity contribution >= 4 is 49.7 Å². The first kappa shape index (κ1) is 20.1. The molecule has 0 aliphatic heterocycles. The van der Waals surface area contributed by atoms with E-state index in [-0.39, 0.29) is 48.9 Å². The molecular weight excluding hydrogens is 224 g/mol. The summed E-state index contributed by atoms with van der Waals surface area (Å²) in [6.07, 6.45) is 2.99. The third-order valence-electron chi connectivity index (χ3n) is 1.51. The molecule has 0 aromatic heterocycles. The Morgan fingerprint density at radius 3 is 1.07 bits per heavy atom. The second-order valence-corrected chi connectivity index (χ2v) is 2.52. The molecule has 0 heterocycles. The third-order valence-corrected chi connectivity index (χ3v) is 1.51. The van der Waals surface area contributed by atoms with Crippen LogP contribution in [0.5, 0.6) is 0 Å². The number of rotatable bonds is 2. The first-order chi connectivity index (χ1) is 6.36. The van der Waals surface area contributed by atoms with Crippen molar-refractivity contribution in [3.63, 3.8) is 0 Å². The first-order valence-corrected chi connectivity index (χ1v) is 4.05. The van der Waals surface area contributed by atoms with Gasteiger partial charge in [0.25, 0.3) is 0 Å². The second kappa shape index (κ2) is 11.8. The number of hydrogen-bond donors (Lipinski definition) is 0. The van der Waals surface area contributed by atoms with Crippen molar-refractivity contribution in [2.45, 2.75) is 27.7 Å². The monoisotopic (exact) mass is 238 g/mol. The Morgan fingerprint density at radius 1 is 0.867 bits per heavy atom. The molecule has 0 N–H and O–H groups in total. The number of carboxylic acids is 2. The molecule has 0 bridgehead atoms. The molecule has 0 aliphatic rings. The van der Waals surface area contributed by atoms with Crippen molar-refractivity contribution in [2.24, 2.45) is 0 Å². The molecule has 0 spiro atoms. The smallest absolute Gasteiger partial charge is 0.545 e. The van der Waals surface area contributed by atoms with Crippen LogP contribution in [0.15, 0.2) is 23.3 Å². The van der Waals surface area contributed by atoms with Crippen LogP contribution in [0.2, 0.25) is 0 Å². The summed E-state index contributed by atoms with van der Waals surface area (Å²) in [5.74, 6) is -2.19. The van der Waals surface area contributed by atoms with E-state index in [1.807, 2.05) is 0 Å². The second-order valence-electron chi connectivity index (χ2n) is 2.52. The van der Waals surface area contributed by atoms with E-state index in [0.717, 1.165) is 0 Å². The van der Waals surface area contributed by atoms with Gasteiger partial charge in [0, 0.05) is 0 Å². The summed E-state index contributed by atoms with van der Waals surface area (Å²) in [7, 11) is 0. The predicted octanol–water partition coefficient (Wildman–Crippen LogP) is -0.976. The maximum Gasteiger partial charge on any atom is 2.00 e. The van der Waals surface area contributed by atoms with E-state index in [1.165, 1.54) is 26.0 Å². The molecule has 0 fully saturated rings. The van der Waals surface area contributed by atoms with Crippen molar-refractivity contribution in [1.82, 2.24) is 0 Å². The van der Waals surface area contributed by atoms with Crippen LogP contribution in [-0.4, -0.2) is 49.7 Å². The van der Waals surface area contributed by atoms with Crippen LogP contribution in [0.3, 0.4) is 0 Å². The standard InChI is InChI=1S/2C5H8O2.Ca/c2*1-3-4(2)5(6)7;/h2*3H,1-2H3,(H,6,7);/q;;+2/p-2. The van der Waals surface area contributed by atoms with Crippen LogP contribution in [0.1, 0.15) is 27.7 Å². The van der Waals surface area contributed by atoms with Crippen molar-refractivity contribution in [2.75, 3.05) is 0 Å². The average molecular weight is 238 g/mol. The normalized spacial score (nSPS) is 10.7. The van der Waals surface area contributed by atoms with E-state index in [2.05, 4.69) is 0 Å². The zero-order valence-electron chi connectivity index (χ0n) is 9.49. The van der Waals surface area contributed by atoms with Gasteiger partial charge in [0.15, 0.2) is 0 Å². The van der Waals surface area contributed by atoms with Gasteiger partial charge in [-0.25, -0.2) is 0 Å². The molecular formula is C10H14CaO4. The Labute approximate surface area is 120 Å². The molecule has 0 atom stereocenters. The van der Waals surface area contributed by atoms with Crippen molar-refractivity contribution < 1.29 is 19.8 Å². The fraction of sp³-hybridized carbons (Fsp3) is 0.400. The minimum Gasteiger partial charge on any atom is -0.545 e. The Morgan fingerprint density at radius 2 is 1.07 bits per heavy atom. The maximum atomic E-state index is 9.75. The minimum atomic E-state index is -1.09. The molecule has 5 heteroatoms. The molecule has 0 saturated carbocycles. The summed E-state index contributed by atoms with van der Waals surface area (Å²) in [6.45, 7) is 6.31.